The second-order valence-corrected chi connectivity index (χ2v) is 10.3. The average molecular weight is 508 g/mol. The Morgan fingerprint density at radius 2 is 1.79 bits per heavy atom. The van der Waals surface area contributed by atoms with Crippen LogP contribution < -0.4 is 0 Å². The van der Waals surface area contributed by atoms with E-state index in [9.17, 15) is 14.7 Å². The molecule has 1 heterocycles. The van der Waals surface area contributed by atoms with Crippen molar-refractivity contribution in [1.29, 1.82) is 0 Å². The molecule has 4 atom stereocenters. The Morgan fingerprint density at radius 3 is 2.35 bits per heavy atom. The monoisotopic (exact) mass is 507 g/mol. The number of rotatable bonds is 7. The first kappa shape index (κ1) is 26.5. The Balaban J connectivity index is 2.09. The molecule has 8 heteroatoms. The van der Waals surface area contributed by atoms with Crippen LogP contribution in [0.2, 0.25) is 10.0 Å². The van der Waals surface area contributed by atoms with Gasteiger partial charge in [0.1, 0.15) is 17.8 Å². The molecule has 0 spiro atoms. The number of carbonyl (C=O) groups is 2. The van der Waals surface area contributed by atoms with Crippen LogP contribution >= 0.6 is 23.2 Å². The van der Waals surface area contributed by atoms with Gasteiger partial charge in [-0.2, -0.15) is 0 Å². The maximum absolute atomic E-state index is 13.7. The van der Waals surface area contributed by atoms with E-state index in [0.717, 1.165) is 11.1 Å². The molecule has 1 fully saturated rings. The zero-order valence-electron chi connectivity index (χ0n) is 19.8. The summed E-state index contributed by atoms with van der Waals surface area (Å²) in [5.41, 5.74) is 0.862. The predicted molar refractivity (Wildman–Crippen MR) is 132 cm³/mol. The highest BCUT2D eigenvalue weighted by molar-refractivity contribution is 6.30. The average Bonchev–Trinajstić information content (AvgIpc) is 2.76. The van der Waals surface area contributed by atoms with Crippen LogP contribution in [0.4, 0.5) is 0 Å². The van der Waals surface area contributed by atoms with E-state index in [1.165, 1.54) is 0 Å². The Morgan fingerprint density at radius 1 is 1.12 bits per heavy atom. The van der Waals surface area contributed by atoms with Crippen LogP contribution in [-0.2, 0) is 19.1 Å². The largest absolute Gasteiger partial charge is 0.460 e. The molecule has 1 N–H and O–H groups in total. The molecule has 1 aliphatic heterocycles. The summed E-state index contributed by atoms with van der Waals surface area (Å²) in [6.45, 7) is 6.98. The third kappa shape index (κ3) is 6.30. The first-order valence-corrected chi connectivity index (χ1v) is 12.1. The fourth-order valence-electron chi connectivity index (χ4n) is 4.19. The maximum Gasteiger partial charge on any atom is 0.309 e. The third-order valence-corrected chi connectivity index (χ3v) is 6.15. The molecule has 2 aromatic rings. The normalized spacial score (nSPS) is 21.9. The van der Waals surface area contributed by atoms with Crippen LogP contribution in [0.1, 0.15) is 63.8 Å². The fraction of sp³-hybridized carbons (Fsp3) is 0.462. The van der Waals surface area contributed by atoms with Crippen molar-refractivity contribution in [3.63, 3.8) is 0 Å². The van der Waals surface area contributed by atoms with Crippen molar-refractivity contribution in [1.82, 2.24) is 4.90 Å². The summed E-state index contributed by atoms with van der Waals surface area (Å²) in [4.78, 5) is 28.0. The van der Waals surface area contributed by atoms with Crippen LogP contribution in [0.15, 0.2) is 48.5 Å². The number of halogens is 2. The first-order valence-electron chi connectivity index (χ1n) is 11.3. The van der Waals surface area contributed by atoms with E-state index in [1.54, 1.807) is 49.9 Å². The molecule has 3 rings (SSSR count). The van der Waals surface area contributed by atoms with Gasteiger partial charge in [0.05, 0.1) is 25.1 Å². The number of esters is 1. The summed E-state index contributed by atoms with van der Waals surface area (Å²) >= 11 is 12.4. The van der Waals surface area contributed by atoms with Crippen molar-refractivity contribution >= 4 is 35.1 Å². The molecule has 34 heavy (non-hydrogen) atoms. The smallest absolute Gasteiger partial charge is 0.309 e. The lowest BCUT2D eigenvalue weighted by atomic mass is 9.89. The van der Waals surface area contributed by atoms with Crippen molar-refractivity contribution < 1.29 is 24.2 Å². The molecule has 0 saturated carbocycles. The molecule has 184 valence electrons. The number of nitrogens with zero attached hydrogens (tertiary/aromatic N) is 1. The Bertz CT molecular complexity index is 1000. The van der Waals surface area contributed by atoms with Gasteiger partial charge in [-0.25, -0.2) is 0 Å². The van der Waals surface area contributed by atoms with Gasteiger partial charge in [0.2, 0.25) is 0 Å². The number of ether oxygens (including phenoxy) is 2. The van der Waals surface area contributed by atoms with Crippen molar-refractivity contribution in [2.45, 2.75) is 70.4 Å². The molecule has 2 aromatic carbocycles. The molecule has 0 aromatic heterocycles. The number of morpholine rings is 1. The minimum Gasteiger partial charge on any atom is -0.460 e. The number of hydrogen-bond acceptors (Lipinski definition) is 5. The van der Waals surface area contributed by atoms with E-state index >= 15 is 0 Å². The number of aliphatic hydroxyl groups is 1. The standard InChI is InChI=1S/C26H31Cl2NO5/c1-5-20(15-30)29-23(16-9-11-18(27)12-10-16)24(17-7-6-8-19(28)13-17)33-21(25(29)32)14-22(31)34-26(2,3)4/h6-13,20-21,23-24,30H,5,14-15H2,1-4H3/t20-,21?,23?,24-/m0/s1. The molecule has 1 saturated heterocycles. The number of carbonyl (C=O) groups excluding carboxylic acids is 2. The molecule has 0 bridgehead atoms. The van der Waals surface area contributed by atoms with Gasteiger partial charge in [-0.3, -0.25) is 9.59 Å². The summed E-state index contributed by atoms with van der Waals surface area (Å²) in [5.74, 6) is -0.900. The zero-order valence-corrected chi connectivity index (χ0v) is 21.3. The number of aliphatic hydroxyl groups excluding tert-OH is 1. The van der Waals surface area contributed by atoms with E-state index in [4.69, 9.17) is 32.7 Å². The number of benzene rings is 2. The second kappa shape index (κ2) is 11.1. The summed E-state index contributed by atoms with van der Waals surface area (Å²) in [7, 11) is 0. The SMILES string of the molecule is CC[C@@H](CO)N1C(=O)C(CC(=O)OC(C)(C)C)O[C@@H](c2cccc(Cl)c2)C1c1ccc(Cl)cc1. The van der Waals surface area contributed by atoms with Gasteiger partial charge in [-0.15, -0.1) is 0 Å². The van der Waals surface area contributed by atoms with Crippen molar-refractivity contribution in [2.24, 2.45) is 0 Å². The summed E-state index contributed by atoms with van der Waals surface area (Å²) in [5, 5.41) is 11.2. The minimum absolute atomic E-state index is 0.228. The number of amides is 1. The molecule has 1 aliphatic rings. The van der Waals surface area contributed by atoms with Gasteiger partial charge in [0.25, 0.3) is 5.91 Å². The predicted octanol–water partition coefficient (Wildman–Crippen LogP) is 5.51. The van der Waals surface area contributed by atoms with E-state index in [2.05, 4.69) is 0 Å². The van der Waals surface area contributed by atoms with Gasteiger partial charge < -0.3 is 19.5 Å². The molecule has 0 radical (unpaired) electrons. The quantitative estimate of drug-likeness (QED) is 0.500. The molecular formula is C26H31Cl2NO5. The van der Waals surface area contributed by atoms with E-state index in [-0.39, 0.29) is 18.9 Å². The molecule has 0 aliphatic carbocycles. The van der Waals surface area contributed by atoms with Gasteiger partial charge in [0.15, 0.2) is 0 Å². The molecular weight excluding hydrogens is 477 g/mol. The van der Waals surface area contributed by atoms with Gasteiger partial charge in [-0.05, 0) is 62.6 Å². The van der Waals surface area contributed by atoms with Crippen LogP contribution in [0, 0.1) is 0 Å². The lowest BCUT2D eigenvalue weighted by molar-refractivity contribution is -0.188. The summed E-state index contributed by atoms with van der Waals surface area (Å²) in [6, 6.07) is 13.4. The van der Waals surface area contributed by atoms with Gasteiger partial charge >= 0.3 is 5.97 Å². The van der Waals surface area contributed by atoms with Gasteiger partial charge in [0, 0.05) is 10.0 Å². The lowest BCUT2D eigenvalue weighted by Crippen LogP contribution is -2.56. The first-order chi connectivity index (χ1) is 16.0. The van der Waals surface area contributed by atoms with Crippen molar-refractivity contribution in [3.8, 4) is 0 Å². The van der Waals surface area contributed by atoms with Crippen LogP contribution in [0.25, 0.3) is 0 Å². The Kier molecular flexibility index (Phi) is 8.63. The molecule has 6 nitrogen and oxygen atoms in total. The van der Waals surface area contributed by atoms with E-state index in [0.29, 0.717) is 16.5 Å². The molecule has 1 amide bonds. The number of hydrogen-bond donors (Lipinski definition) is 1. The van der Waals surface area contributed by atoms with E-state index < -0.39 is 35.9 Å². The van der Waals surface area contributed by atoms with Crippen molar-refractivity contribution in [2.75, 3.05) is 6.61 Å². The summed E-state index contributed by atoms with van der Waals surface area (Å²) in [6.07, 6.45) is -1.42. The van der Waals surface area contributed by atoms with Gasteiger partial charge in [-0.1, -0.05) is 54.4 Å². The van der Waals surface area contributed by atoms with Crippen LogP contribution in [0.5, 0.6) is 0 Å². The minimum atomic E-state index is -1.07. The highest BCUT2D eigenvalue weighted by atomic mass is 35.5. The fourth-order valence-corrected chi connectivity index (χ4v) is 4.51. The second-order valence-electron chi connectivity index (χ2n) is 9.38. The lowest BCUT2D eigenvalue weighted by Gasteiger charge is -2.47. The zero-order chi connectivity index (χ0) is 25.0. The Labute approximate surface area is 210 Å². The van der Waals surface area contributed by atoms with Crippen molar-refractivity contribution in [3.05, 3.63) is 69.7 Å². The topological polar surface area (TPSA) is 76.1 Å². The van der Waals surface area contributed by atoms with Crippen LogP contribution in [0.3, 0.4) is 0 Å². The Hall–Kier alpha value is -2.12. The van der Waals surface area contributed by atoms with Crippen LogP contribution in [-0.4, -0.2) is 46.2 Å². The van der Waals surface area contributed by atoms with E-state index in [1.807, 2.05) is 31.2 Å². The molecule has 2 unspecified atom stereocenters. The maximum atomic E-state index is 13.7. The highest BCUT2D eigenvalue weighted by Gasteiger charge is 2.47. The highest BCUT2D eigenvalue weighted by Crippen LogP contribution is 2.44. The summed E-state index contributed by atoms with van der Waals surface area (Å²) < 4.78 is 11.8. The third-order valence-electron chi connectivity index (χ3n) is 5.66.